The van der Waals surface area contributed by atoms with Crippen LogP contribution in [0.5, 0.6) is 11.5 Å². The van der Waals surface area contributed by atoms with Crippen molar-refractivity contribution in [2.24, 2.45) is 0 Å². The first-order chi connectivity index (χ1) is 13.1. The minimum Gasteiger partial charge on any atom is -0.486 e. The third-order valence-electron chi connectivity index (χ3n) is 4.71. The highest BCUT2D eigenvalue weighted by Gasteiger charge is 2.23. The molecule has 1 aliphatic rings. The molecular weight excluding hydrogens is 340 g/mol. The van der Waals surface area contributed by atoms with E-state index in [1.165, 1.54) is 0 Å². The second-order valence-electron chi connectivity index (χ2n) is 6.70. The van der Waals surface area contributed by atoms with Crippen molar-refractivity contribution in [1.82, 2.24) is 15.0 Å². The van der Waals surface area contributed by atoms with Crippen molar-refractivity contribution >= 4 is 5.82 Å². The van der Waals surface area contributed by atoms with Gasteiger partial charge in [-0.3, -0.25) is 4.98 Å². The van der Waals surface area contributed by atoms with E-state index in [1.54, 1.807) is 12.4 Å². The van der Waals surface area contributed by atoms with Crippen molar-refractivity contribution in [2.45, 2.75) is 20.0 Å². The van der Waals surface area contributed by atoms with E-state index in [4.69, 9.17) is 14.5 Å². The zero-order valence-corrected chi connectivity index (χ0v) is 15.7. The molecule has 1 atom stereocenters. The van der Waals surface area contributed by atoms with Gasteiger partial charge in [-0.15, -0.1) is 0 Å². The first kappa shape index (κ1) is 17.3. The molecule has 138 valence electrons. The molecular formula is C21H22N4O2. The minimum atomic E-state index is -0.0658. The maximum absolute atomic E-state index is 6.09. The molecule has 4 rings (SSSR count). The summed E-state index contributed by atoms with van der Waals surface area (Å²) < 4.78 is 11.9. The number of likely N-dealkylation sites (N-methyl/N-ethyl adjacent to an activating group) is 1. The summed E-state index contributed by atoms with van der Waals surface area (Å²) in [6, 6.07) is 11.6. The molecule has 0 saturated carbocycles. The Morgan fingerprint density at radius 1 is 1.04 bits per heavy atom. The Morgan fingerprint density at radius 2 is 1.78 bits per heavy atom. The Bertz CT molecular complexity index is 946. The van der Waals surface area contributed by atoms with Crippen LogP contribution in [0.4, 0.5) is 5.82 Å². The quantitative estimate of drug-likeness (QED) is 0.709. The Hall–Kier alpha value is -3.15. The molecule has 0 bridgehead atoms. The zero-order chi connectivity index (χ0) is 18.8. The van der Waals surface area contributed by atoms with Gasteiger partial charge in [0, 0.05) is 36.3 Å². The van der Waals surface area contributed by atoms with Crippen molar-refractivity contribution in [2.75, 3.05) is 25.1 Å². The Kier molecular flexibility index (Phi) is 4.62. The van der Waals surface area contributed by atoms with E-state index in [9.17, 15) is 0 Å². The lowest BCUT2D eigenvalue weighted by atomic mass is 10.2. The number of fused-ring (bicyclic) bond motifs is 1. The topological polar surface area (TPSA) is 60.4 Å². The van der Waals surface area contributed by atoms with Crippen molar-refractivity contribution in [1.29, 1.82) is 0 Å². The van der Waals surface area contributed by atoms with Gasteiger partial charge in [0.05, 0.1) is 6.54 Å². The monoisotopic (exact) mass is 362 g/mol. The summed E-state index contributed by atoms with van der Waals surface area (Å²) in [5, 5.41) is 0. The van der Waals surface area contributed by atoms with E-state index in [1.807, 2.05) is 57.3 Å². The lowest BCUT2D eigenvalue weighted by Crippen LogP contribution is -2.40. The molecule has 6 nitrogen and oxygen atoms in total. The molecule has 3 heterocycles. The average molecular weight is 362 g/mol. The molecule has 0 fully saturated rings. The second kappa shape index (κ2) is 7.23. The van der Waals surface area contributed by atoms with Crippen LogP contribution in [0.1, 0.15) is 11.3 Å². The van der Waals surface area contributed by atoms with Gasteiger partial charge in [-0.1, -0.05) is 12.1 Å². The van der Waals surface area contributed by atoms with E-state index >= 15 is 0 Å². The van der Waals surface area contributed by atoms with Gasteiger partial charge in [0.2, 0.25) is 0 Å². The highest BCUT2D eigenvalue weighted by molar-refractivity contribution is 5.59. The van der Waals surface area contributed by atoms with E-state index in [-0.39, 0.29) is 6.10 Å². The highest BCUT2D eigenvalue weighted by atomic mass is 16.6. The number of hydrogen-bond acceptors (Lipinski definition) is 6. The van der Waals surface area contributed by atoms with Crippen LogP contribution >= 0.6 is 0 Å². The zero-order valence-electron chi connectivity index (χ0n) is 15.7. The van der Waals surface area contributed by atoms with Crippen LogP contribution in [0.15, 0.2) is 48.8 Å². The molecule has 1 aliphatic heterocycles. The summed E-state index contributed by atoms with van der Waals surface area (Å²) in [6.07, 6.45) is 3.44. The molecule has 3 aromatic rings. The predicted molar refractivity (Wildman–Crippen MR) is 104 cm³/mol. The van der Waals surface area contributed by atoms with Crippen LogP contribution in [0, 0.1) is 13.8 Å². The molecule has 0 radical (unpaired) electrons. The van der Waals surface area contributed by atoms with Crippen LogP contribution in [0.25, 0.3) is 11.4 Å². The number of pyridine rings is 1. The molecule has 0 amide bonds. The predicted octanol–water partition coefficient (Wildman–Crippen LogP) is 3.43. The number of aromatic nitrogens is 3. The number of rotatable bonds is 4. The van der Waals surface area contributed by atoms with Crippen molar-refractivity contribution < 1.29 is 9.47 Å². The summed E-state index contributed by atoms with van der Waals surface area (Å²) in [6.45, 7) is 5.24. The maximum Gasteiger partial charge on any atom is 0.161 e. The summed E-state index contributed by atoms with van der Waals surface area (Å²) >= 11 is 0. The van der Waals surface area contributed by atoms with Gasteiger partial charge in [-0.2, -0.15) is 0 Å². The van der Waals surface area contributed by atoms with Crippen molar-refractivity contribution in [3.05, 3.63) is 60.0 Å². The van der Waals surface area contributed by atoms with Crippen LogP contribution in [-0.4, -0.2) is 41.3 Å². The van der Waals surface area contributed by atoms with E-state index < -0.39 is 0 Å². The normalized spacial score (nSPS) is 15.4. The van der Waals surface area contributed by atoms with Gasteiger partial charge < -0.3 is 14.4 Å². The summed E-state index contributed by atoms with van der Waals surface area (Å²) in [5.74, 6) is 3.19. The van der Waals surface area contributed by atoms with E-state index in [0.717, 1.165) is 34.1 Å². The molecule has 0 saturated heterocycles. The molecule has 0 N–H and O–H groups in total. The Labute approximate surface area is 158 Å². The molecule has 0 spiro atoms. The second-order valence-corrected chi connectivity index (χ2v) is 6.70. The third-order valence-corrected chi connectivity index (χ3v) is 4.71. The number of hydrogen-bond donors (Lipinski definition) is 0. The van der Waals surface area contributed by atoms with Gasteiger partial charge in [-0.05, 0) is 38.1 Å². The van der Waals surface area contributed by atoms with Crippen LogP contribution in [-0.2, 0) is 0 Å². The number of benzene rings is 1. The molecule has 1 aromatic carbocycles. The highest BCUT2D eigenvalue weighted by Crippen LogP contribution is 2.31. The smallest absolute Gasteiger partial charge is 0.161 e. The molecule has 2 aromatic heterocycles. The number of ether oxygens (including phenoxy) is 2. The Balaban J connectivity index is 1.57. The molecule has 27 heavy (non-hydrogen) atoms. The minimum absolute atomic E-state index is 0.0658. The van der Waals surface area contributed by atoms with E-state index in [2.05, 4.69) is 14.9 Å². The van der Waals surface area contributed by atoms with Gasteiger partial charge >= 0.3 is 0 Å². The van der Waals surface area contributed by atoms with Gasteiger partial charge in [0.25, 0.3) is 0 Å². The van der Waals surface area contributed by atoms with Crippen molar-refractivity contribution in [3.63, 3.8) is 0 Å². The first-order valence-corrected chi connectivity index (χ1v) is 8.97. The van der Waals surface area contributed by atoms with Crippen LogP contribution < -0.4 is 14.4 Å². The largest absolute Gasteiger partial charge is 0.486 e. The first-order valence-electron chi connectivity index (χ1n) is 8.97. The van der Waals surface area contributed by atoms with Crippen molar-refractivity contribution in [3.8, 4) is 22.9 Å². The fraction of sp³-hybridized carbons (Fsp3) is 0.286. The van der Waals surface area contributed by atoms with Gasteiger partial charge in [0.15, 0.2) is 23.4 Å². The lowest BCUT2D eigenvalue weighted by Gasteiger charge is -2.30. The molecule has 1 unspecified atom stereocenters. The summed E-state index contributed by atoms with van der Waals surface area (Å²) in [5.41, 5.74) is 2.98. The fourth-order valence-corrected chi connectivity index (χ4v) is 3.16. The summed E-state index contributed by atoms with van der Waals surface area (Å²) in [7, 11) is 2.02. The molecule has 0 aliphatic carbocycles. The number of aryl methyl sites for hydroxylation is 1. The SMILES string of the molecule is Cc1nc(-c2ccncc2)nc(N(C)CC2COc3ccccc3O2)c1C. The Morgan fingerprint density at radius 3 is 2.56 bits per heavy atom. The average Bonchev–Trinajstić information content (AvgIpc) is 2.70. The fourth-order valence-electron chi connectivity index (χ4n) is 3.16. The van der Waals surface area contributed by atoms with Crippen LogP contribution in [0.2, 0.25) is 0 Å². The third kappa shape index (κ3) is 3.56. The van der Waals surface area contributed by atoms with Gasteiger partial charge in [0.1, 0.15) is 12.4 Å². The maximum atomic E-state index is 6.09. The number of para-hydroxylation sites is 2. The summed E-state index contributed by atoms with van der Waals surface area (Å²) in [4.78, 5) is 15.6. The van der Waals surface area contributed by atoms with E-state index in [0.29, 0.717) is 19.0 Å². The standard InChI is InChI=1S/C21H22N4O2/c1-14-15(2)23-20(16-8-10-22-11-9-16)24-21(14)25(3)12-17-13-26-18-6-4-5-7-19(18)27-17/h4-11,17H,12-13H2,1-3H3. The molecule has 6 heteroatoms. The van der Waals surface area contributed by atoms with Crippen LogP contribution in [0.3, 0.4) is 0 Å². The number of nitrogens with zero attached hydrogens (tertiary/aromatic N) is 4. The van der Waals surface area contributed by atoms with Gasteiger partial charge in [-0.25, -0.2) is 9.97 Å². The lowest BCUT2D eigenvalue weighted by molar-refractivity contribution is 0.0959. The number of anilines is 1.